The molecule has 0 bridgehead atoms. The molecule has 0 aliphatic rings. The highest BCUT2D eigenvalue weighted by molar-refractivity contribution is 7.99. The summed E-state index contributed by atoms with van der Waals surface area (Å²) in [4.78, 5) is 4.86. The van der Waals surface area contributed by atoms with Crippen molar-refractivity contribution in [2.75, 3.05) is 26.1 Å². The van der Waals surface area contributed by atoms with E-state index in [1.807, 2.05) is 66.7 Å². The van der Waals surface area contributed by atoms with E-state index in [0.29, 0.717) is 19.8 Å². The zero-order chi connectivity index (χ0) is 23.2. The summed E-state index contributed by atoms with van der Waals surface area (Å²) in [5, 5.41) is 3.27. The number of aromatic nitrogens is 2. The number of methoxy groups -OCH3 is 1. The minimum atomic E-state index is 0.555. The van der Waals surface area contributed by atoms with Gasteiger partial charge in [-0.3, -0.25) is 0 Å². The second kappa shape index (κ2) is 10.5. The Hall–Kier alpha value is -3.64. The number of nitrogens with zero attached hydrogens (tertiary/aromatic N) is 2. The van der Waals surface area contributed by atoms with Crippen LogP contribution in [0.1, 0.15) is 0 Å². The van der Waals surface area contributed by atoms with Crippen molar-refractivity contribution in [2.45, 2.75) is 11.7 Å². The van der Waals surface area contributed by atoms with Crippen molar-refractivity contribution >= 4 is 33.6 Å². The molecule has 4 aromatic carbocycles. The van der Waals surface area contributed by atoms with Gasteiger partial charge in [0.2, 0.25) is 0 Å². The Labute approximate surface area is 203 Å². The van der Waals surface area contributed by atoms with Crippen molar-refractivity contribution < 1.29 is 14.2 Å². The highest BCUT2D eigenvalue weighted by Gasteiger charge is 2.12. The number of hydrogen-bond acceptors (Lipinski definition) is 5. The van der Waals surface area contributed by atoms with Crippen LogP contribution in [0.2, 0.25) is 0 Å². The second-order valence-electron chi connectivity index (χ2n) is 7.71. The van der Waals surface area contributed by atoms with Crippen molar-refractivity contribution in [1.29, 1.82) is 0 Å². The molecular weight excluding hydrogens is 444 g/mol. The van der Waals surface area contributed by atoms with Gasteiger partial charge in [0.05, 0.1) is 31.3 Å². The molecule has 0 N–H and O–H groups in total. The minimum Gasteiger partial charge on any atom is -0.493 e. The SMILES string of the molecule is COc1ccccc1OCCSc1nc2ccccc2n1CCOc1cccc2ccccc12. The topological polar surface area (TPSA) is 45.5 Å². The second-order valence-corrected chi connectivity index (χ2v) is 8.77. The maximum absolute atomic E-state index is 6.21. The lowest BCUT2D eigenvalue weighted by atomic mass is 10.1. The maximum atomic E-state index is 6.21. The molecule has 0 fully saturated rings. The summed E-state index contributed by atoms with van der Waals surface area (Å²) >= 11 is 1.68. The van der Waals surface area contributed by atoms with Gasteiger partial charge in [-0.15, -0.1) is 0 Å². The van der Waals surface area contributed by atoms with Crippen LogP contribution in [0.25, 0.3) is 21.8 Å². The fraction of sp³-hybridized carbons (Fsp3) is 0.179. The van der Waals surface area contributed by atoms with Gasteiger partial charge >= 0.3 is 0 Å². The molecule has 0 spiro atoms. The molecule has 0 unspecified atom stereocenters. The highest BCUT2D eigenvalue weighted by Crippen LogP contribution is 2.28. The van der Waals surface area contributed by atoms with Gasteiger partial charge < -0.3 is 18.8 Å². The van der Waals surface area contributed by atoms with Gasteiger partial charge in [-0.1, -0.05) is 72.4 Å². The number of thioether (sulfide) groups is 1. The monoisotopic (exact) mass is 470 g/mol. The Morgan fingerprint density at radius 3 is 2.35 bits per heavy atom. The van der Waals surface area contributed by atoms with Gasteiger partial charge in [0.1, 0.15) is 12.4 Å². The fourth-order valence-corrected chi connectivity index (χ4v) is 4.83. The molecule has 6 heteroatoms. The molecule has 0 atom stereocenters. The lowest BCUT2D eigenvalue weighted by molar-refractivity contribution is 0.299. The zero-order valence-corrected chi connectivity index (χ0v) is 19.8. The van der Waals surface area contributed by atoms with Gasteiger partial charge in [-0.05, 0) is 35.7 Å². The number of para-hydroxylation sites is 4. The summed E-state index contributed by atoms with van der Waals surface area (Å²) in [6.45, 7) is 1.82. The molecule has 0 aliphatic carbocycles. The number of fused-ring (bicyclic) bond motifs is 2. The lowest BCUT2D eigenvalue weighted by Gasteiger charge is -2.13. The van der Waals surface area contributed by atoms with Crippen LogP contribution in [0.15, 0.2) is 96.2 Å². The molecule has 0 saturated heterocycles. The van der Waals surface area contributed by atoms with E-state index in [1.165, 1.54) is 5.39 Å². The van der Waals surface area contributed by atoms with Crippen LogP contribution in [0.4, 0.5) is 0 Å². The number of ether oxygens (including phenoxy) is 3. The molecule has 5 rings (SSSR count). The van der Waals surface area contributed by atoms with E-state index in [2.05, 4.69) is 28.8 Å². The van der Waals surface area contributed by atoms with E-state index < -0.39 is 0 Å². The first-order valence-electron chi connectivity index (χ1n) is 11.3. The Morgan fingerprint density at radius 1 is 0.735 bits per heavy atom. The van der Waals surface area contributed by atoms with E-state index >= 15 is 0 Å². The van der Waals surface area contributed by atoms with E-state index in [9.17, 15) is 0 Å². The van der Waals surface area contributed by atoms with Crippen LogP contribution in [0.3, 0.4) is 0 Å². The molecule has 5 aromatic rings. The van der Waals surface area contributed by atoms with Gasteiger partial charge in [-0.25, -0.2) is 4.98 Å². The lowest BCUT2D eigenvalue weighted by Crippen LogP contribution is -2.10. The standard InChI is InChI=1S/C28H26N2O3S/c1-31-26-14-6-7-15-27(26)33-19-20-34-28-29-23-12-4-5-13-24(23)30(28)17-18-32-25-16-8-10-21-9-2-3-11-22(21)25/h2-16H,17-20H2,1H3. The third kappa shape index (κ3) is 4.82. The highest BCUT2D eigenvalue weighted by atomic mass is 32.2. The van der Waals surface area contributed by atoms with E-state index in [0.717, 1.165) is 44.6 Å². The van der Waals surface area contributed by atoms with Crippen LogP contribution in [-0.4, -0.2) is 35.6 Å². The van der Waals surface area contributed by atoms with Gasteiger partial charge in [0, 0.05) is 11.1 Å². The Kier molecular flexibility index (Phi) is 6.86. The zero-order valence-electron chi connectivity index (χ0n) is 19.0. The third-order valence-corrected chi connectivity index (χ3v) is 6.52. The first-order valence-corrected chi connectivity index (χ1v) is 12.3. The van der Waals surface area contributed by atoms with Crippen molar-refractivity contribution in [3.63, 3.8) is 0 Å². The predicted molar refractivity (Wildman–Crippen MR) is 138 cm³/mol. The number of rotatable bonds is 10. The molecule has 0 saturated carbocycles. The van der Waals surface area contributed by atoms with Crippen LogP contribution in [0, 0.1) is 0 Å². The average molecular weight is 471 g/mol. The Bertz CT molecular complexity index is 1390. The summed E-state index contributed by atoms with van der Waals surface area (Å²) in [5.74, 6) is 3.17. The van der Waals surface area contributed by atoms with Crippen molar-refractivity contribution in [1.82, 2.24) is 9.55 Å². The first kappa shape index (κ1) is 22.2. The number of hydrogen-bond donors (Lipinski definition) is 0. The van der Waals surface area contributed by atoms with Crippen LogP contribution in [-0.2, 0) is 6.54 Å². The quantitative estimate of drug-likeness (QED) is 0.173. The molecule has 34 heavy (non-hydrogen) atoms. The maximum Gasteiger partial charge on any atom is 0.169 e. The number of imidazole rings is 1. The predicted octanol–water partition coefficient (Wildman–Crippen LogP) is 6.45. The summed E-state index contributed by atoms with van der Waals surface area (Å²) in [7, 11) is 1.65. The molecule has 0 radical (unpaired) electrons. The minimum absolute atomic E-state index is 0.555. The van der Waals surface area contributed by atoms with Crippen LogP contribution in [0.5, 0.6) is 17.2 Å². The van der Waals surface area contributed by atoms with Crippen LogP contribution >= 0.6 is 11.8 Å². The molecule has 1 heterocycles. The van der Waals surface area contributed by atoms with Gasteiger partial charge in [0.25, 0.3) is 0 Å². The molecule has 172 valence electrons. The summed E-state index contributed by atoms with van der Waals surface area (Å²) in [5.41, 5.74) is 2.10. The van der Waals surface area contributed by atoms with Crippen molar-refractivity contribution in [3.8, 4) is 17.2 Å². The van der Waals surface area contributed by atoms with E-state index in [-0.39, 0.29) is 0 Å². The van der Waals surface area contributed by atoms with Crippen molar-refractivity contribution in [2.24, 2.45) is 0 Å². The van der Waals surface area contributed by atoms with Crippen LogP contribution < -0.4 is 14.2 Å². The van der Waals surface area contributed by atoms with Gasteiger partial charge in [-0.2, -0.15) is 0 Å². The molecule has 1 aromatic heterocycles. The summed E-state index contributed by atoms with van der Waals surface area (Å²) < 4.78 is 19.7. The van der Waals surface area contributed by atoms with E-state index in [4.69, 9.17) is 19.2 Å². The van der Waals surface area contributed by atoms with E-state index in [1.54, 1.807) is 18.9 Å². The first-order chi connectivity index (χ1) is 16.8. The average Bonchev–Trinajstić information content (AvgIpc) is 3.24. The largest absolute Gasteiger partial charge is 0.493 e. The Balaban J connectivity index is 1.26. The smallest absolute Gasteiger partial charge is 0.169 e. The number of benzene rings is 4. The Morgan fingerprint density at radius 2 is 1.44 bits per heavy atom. The molecular formula is C28H26N2O3S. The van der Waals surface area contributed by atoms with Crippen molar-refractivity contribution in [3.05, 3.63) is 91.0 Å². The fourth-order valence-electron chi connectivity index (χ4n) is 3.97. The summed E-state index contributed by atoms with van der Waals surface area (Å²) in [6.07, 6.45) is 0. The molecule has 0 amide bonds. The van der Waals surface area contributed by atoms with Gasteiger partial charge in [0.15, 0.2) is 16.7 Å². The third-order valence-electron chi connectivity index (χ3n) is 5.58. The summed E-state index contributed by atoms with van der Waals surface area (Å²) in [6, 6.07) is 30.4. The molecule has 0 aliphatic heterocycles. The normalized spacial score (nSPS) is 11.1. The molecule has 5 nitrogen and oxygen atoms in total.